The molecule has 0 heterocycles. The SMILES string of the molecule is CC[CH-]CCC1C=Cc2ccccc21.[CH2-]C.[CH2-]C1C=Cc2ccccc21.[Cl][Zr][Cl]. The summed E-state index contributed by atoms with van der Waals surface area (Å²) < 4.78 is 0. The van der Waals surface area contributed by atoms with Crippen LogP contribution < -0.4 is 0 Å². The average molecular weight is 506 g/mol. The second-order valence-corrected chi connectivity index (χ2v) is 10.3. The van der Waals surface area contributed by atoms with Crippen molar-refractivity contribution in [1.29, 1.82) is 0 Å². The molecule has 2 unspecified atom stereocenters. The standard InChI is InChI=1S/C14H17.C10H9.C2H5.2ClH.Zr/c1-2-3-4-7-12-10-11-13-8-5-6-9-14(12)13;1-8-6-7-9-4-2-3-5-10(8)9;1-2;;;/h3,5-6,8-12H,2,4,7H2,1H3;2-8H,1H2;1H2,2H3;2*1H;/q3*-1;;;+2/p-2. The van der Waals surface area contributed by atoms with Crippen molar-refractivity contribution < 1.29 is 20.8 Å². The first-order chi connectivity index (χ1) is 14.2. The molecule has 0 amide bonds. The monoisotopic (exact) mass is 503 g/mol. The molecule has 2 aliphatic carbocycles. The summed E-state index contributed by atoms with van der Waals surface area (Å²) >= 11 is -0.826. The normalized spacial score (nSPS) is 16.9. The summed E-state index contributed by atoms with van der Waals surface area (Å²) in [6.07, 6.45) is 14.9. The van der Waals surface area contributed by atoms with Crippen molar-refractivity contribution in [2.24, 2.45) is 0 Å². The Morgan fingerprint density at radius 1 is 0.897 bits per heavy atom. The molecular formula is C26H31Cl2Zr-3. The van der Waals surface area contributed by atoms with E-state index < -0.39 is 20.8 Å². The number of fused-ring (bicyclic) bond motifs is 2. The molecule has 4 rings (SSSR count). The molecule has 0 fully saturated rings. The molecule has 0 spiro atoms. The van der Waals surface area contributed by atoms with Gasteiger partial charge in [0.1, 0.15) is 0 Å². The minimum absolute atomic E-state index is 0.371. The van der Waals surface area contributed by atoms with Crippen LogP contribution in [0.15, 0.2) is 60.7 Å². The van der Waals surface area contributed by atoms with E-state index in [1.165, 1.54) is 41.5 Å². The number of halogens is 2. The first-order valence-corrected chi connectivity index (χ1v) is 16.4. The predicted molar refractivity (Wildman–Crippen MR) is 128 cm³/mol. The Kier molecular flexibility index (Phi) is 14.7. The third kappa shape index (κ3) is 8.96. The third-order valence-electron chi connectivity index (χ3n) is 4.78. The Hall–Kier alpha value is -0.617. The van der Waals surface area contributed by atoms with Gasteiger partial charge in [0, 0.05) is 5.92 Å². The van der Waals surface area contributed by atoms with Crippen LogP contribution in [0.25, 0.3) is 12.2 Å². The van der Waals surface area contributed by atoms with Crippen molar-refractivity contribution in [3.8, 4) is 0 Å². The van der Waals surface area contributed by atoms with Crippen LogP contribution >= 0.6 is 17.0 Å². The van der Waals surface area contributed by atoms with E-state index in [1.54, 1.807) is 6.92 Å². The van der Waals surface area contributed by atoms with Crippen LogP contribution in [0.3, 0.4) is 0 Å². The summed E-state index contributed by atoms with van der Waals surface area (Å²) in [5.41, 5.74) is 5.59. The Morgan fingerprint density at radius 2 is 1.41 bits per heavy atom. The molecule has 2 aromatic carbocycles. The van der Waals surface area contributed by atoms with Gasteiger partial charge in [-0.25, -0.2) is 0 Å². The van der Waals surface area contributed by atoms with Crippen LogP contribution in [-0.2, 0) is 20.8 Å². The molecule has 0 saturated heterocycles. The zero-order valence-corrected chi connectivity index (χ0v) is 21.4. The van der Waals surface area contributed by atoms with Gasteiger partial charge in [0.25, 0.3) is 0 Å². The summed E-state index contributed by atoms with van der Waals surface area (Å²) in [5.74, 6) is 1.03. The second kappa shape index (κ2) is 16.1. The van der Waals surface area contributed by atoms with E-state index in [1.807, 2.05) is 0 Å². The quantitative estimate of drug-likeness (QED) is 0.287. The zero-order chi connectivity index (χ0) is 21.5. The minimum atomic E-state index is -0.826. The Labute approximate surface area is 197 Å². The number of rotatable bonds is 4. The molecule has 0 bridgehead atoms. The zero-order valence-electron chi connectivity index (χ0n) is 17.5. The molecule has 156 valence electrons. The first kappa shape index (κ1) is 26.4. The molecule has 29 heavy (non-hydrogen) atoms. The van der Waals surface area contributed by atoms with E-state index in [4.69, 9.17) is 17.0 Å². The molecule has 0 N–H and O–H groups in total. The van der Waals surface area contributed by atoms with Crippen molar-refractivity contribution in [1.82, 2.24) is 0 Å². The Balaban J connectivity index is 0.000000245. The van der Waals surface area contributed by atoms with Gasteiger partial charge in [-0.1, -0.05) is 85.7 Å². The molecule has 0 saturated carbocycles. The molecule has 2 atom stereocenters. The maximum atomic E-state index is 4.93. The maximum absolute atomic E-state index is 4.93. The van der Waals surface area contributed by atoms with Crippen LogP contribution in [0.1, 0.15) is 67.2 Å². The molecule has 2 aromatic rings. The number of allylic oxidation sites excluding steroid dienone is 2. The fourth-order valence-electron chi connectivity index (χ4n) is 3.40. The summed E-state index contributed by atoms with van der Waals surface area (Å²) in [5, 5.41) is 0. The van der Waals surface area contributed by atoms with Crippen LogP contribution in [-0.4, -0.2) is 0 Å². The van der Waals surface area contributed by atoms with Crippen LogP contribution in [0, 0.1) is 20.3 Å². The first-order valence-electron chi connectivity index (χ1n) is 10.1. The van der Waals surface area contributed by atoms with Crippen molar-refractivity contribution in [3.05, 3.63) is 103 Å². The van der Waals surface area contributed by atoms with Crippen molar-refractivity contribution in [2.45, 2.75) is 44.9 Å². The van der Waals surface area contributed by atoms with Crippen molar-refractivity contribution in [3.63, 3.8) is 0 Å². The van der Waals surface area contributed by atoms with E-state index in [0.29, 0.717) is 11.8 Å². The predicted octanol–water partition coefficient (Wildman–Crippen LogP) is 9.04. The molecule has 2 aliphatic rings. The topological polar surface area (TPSA) is 0 Å². The fraction of sp³-hybridized carbons (Fsp3) is 0.269. The number of benzene rings is 2. The van der Waals surface area contributed by atoms with Crippen molar-refractivity contribution >= 4 is 29.2 Å². The number of hydrogen-bond donors (Lipinski definition) is 0. The van der Waals surface area contributed by atoms with Crippen LogP contribution in [0.2, 0.25) is 0 Å². The molecule has 0 aromatic heterocycles. The van der Waals surface area contributed by atoms with Gasteiger partial charge in [-0.05, 0) is 16.7 Å². The van der Waals surface area contributed by atoms with Crippen LogP contribution in [0.5, 0.6) is 0 Å². The number of unbranched alkanes of at least 4 members (excludes halogenated alkanes) is 2. The summed E-state index contributed by atoms with van der Waals surface area (Å²) in [6.45, 7) is 11.2. The summed E-state index contributed by atoms with van der Waals surface area (Å²) in [7, 11) is 9.87. The van der Waals surface area contributed by atoms with Gasteiger partial charge in [-0.15, -0.1) is 12.0 Å². The van der Waals surface area contributed by atoms with Gasteiger partial charge in [0.15, 0.2) is 0 Å². The van der Waals surface area contributed by atoms with E-state index in [0.717, 1.165) is 0 Å². The second-order valence-electron chi connectivity index (χ2n) is 6.53. The molecule has 0 nitrogen and oxygen atoms in total. The third-order valence-corrected chi connectivity index (χ3v) is 4.78. The summed E-state index contributed by atoms with van der Waals surface area (Å²) in [4.78, 5) is 0. The average Bonchev–Trinajstić information content (AvgIpc) is 3.35. The fourth-order valence-corrected chi connectivity index (χ4v) is 3.40. The van der Waals surface area contributed by atoms with Gasteiger partial charge in [-0.2, -0.15) is 19.8 Å². The van der Waals surface area contributed by atoms with Gasteiger partial charge < -0.3 is 20.3 Å². The van der Waals surface area contributed by atoms with E-state index in [9.17, 15) is 0 Å². The van der Waals surface area contributed by atoms with Gasteiger partial charge >= 0.3 is 37.9 Å². The Morgan fingerprint density at radius 3 is 2.00 bits per heavy atom. The van der Waals surface area contributed by atoms with E-state index >= 15 is 0 Å². The number of hydrogen-bond acceptors (Lipinski definition) is 0. The van der Waals surface area contributed by atoms with E-state index in [2.05, 4.69) is 100 Å². The van der Waals surface area contributed by atoms with Crippen LogP contribution in [0.4, 0.5) is 0 Å². The van der Waals surface area contributed by atoms with Crippen molar-refractivity contribution in [2.75, 3.05) is 0 Å². The molecule has 3 heteroatoms. The van der Waals surface area contributed by atoms with Gasteiger partial charge in [0.2, 0.25) is 0 Å². The Bertz CT molecular complexity index is 752. The molecule has 0 radical (unpaired) electrons. The van der Waals surface area contributed by atoms with Gasteiger partial charge in [-0.3, -0.25) is 0 Å². The molecule has 0 aliphatic heterocycles. The molecular weight excluding hydrogens is 474 g/mol. The van der Waals surface area contributed by atoms with Gasteiger partial charge in [0.05, 0.1) is 0 Å². The van der Waals surface area contributed by atoms with E-state index in [-0.39, 0.29) is 0 Å². The summed E-state index contributed by atoms with van der Waals surface area (Å²) in [6, 6.07) is 17.1.